The number of nitrogens with zero attached hydrogens (tertiary/aromatic N) is 1. The Labute approximate surface area is 230 Å². The number of phenols is 1. The van der Waals surface area contributed by atoms with Crippen molar-refractivity contribution in [3.63, 3.8) is 0 Å². The van der Waals surface area contributed by atoms with Crippen LogP contribution in [0.25, 0.3) is 0 Å². The number of benzene rings is 2. The highest BCUT2D eigenvalue weighted by molar-refractivity contribution is 7.98. The molecule has 3 N–H and O–H groups in total. The molecule has 2 aromatic rings. The lowest BCUT2D eigenvalue weighted by atomic mass is 9.99. The van der Waals surface area contributed by atoms with E-state index in [0.717, 1.165) is 11.1 Å². The van der Waals surface area contributed by atoms with Gasteiger partial charge in [-0.05, 0) is 95.7 Å². The van der Waals surface area contributed by atoms with Crippen LogP contribution in [0.2, 0.25) is 0 Å². The molecule has 8 nitrogen and oxygen atoms in total. The lowest BCUT2D eigenvalue weighted by Crippen LogP contribution is -2.54. The highest BCUT2D eigenvalue weighted by atomic mass is 32.2. The first-order valence-electron chi connectivity index (χ1n) is 12.7. The van der Waals surface area contributed by atoms with Crippen molar-refractivity contribution < 1.29 is 24.2 Å². The van der Waals surface area contributed by atoms with Gasteiger partial charge in [0, 0.05) is 11.7 Å². The molecule has 0 aromatic heterocycles. The van der Waals surface area contributed by atoms with Crippen LogP contribution < -0.4 is 10.6 Å². The minimum absolute atomic E-state index is 0.0505. The number of thioether (sulfide) groups is 1. The van der Waals surface area contributed by atoms with E-state index in [1.54, 1.807) is 44.7 Å². The number of aryl methyl sites for hydroxylation is 2. The molecule has 0 radical (unpaired) electrons. The number of aromatic hydroxyl groups is 1. The van der Waals surface area contributed by atoms with Crippen molar-refractivity contribution in [2.24, 2.45) is 0 Å². The predicted molar refractivity (Wildman–Crippen MR) is 154 cm³/mol. The lowest BCUT2D eigenvalue weighted by Gasteiger charge is -2.37. The number of alkyl carbamates (subject to hydrolysis) is 1. The summed E-state index contributed by atoms with van der Waals surface area (Å²) in [4.78, 5) is 42.1. The molecule has 9 heteroatoms. The van der Waals surface area contributed by atoms with E-state index in [4.69, 9.17) is 4.74 Å². The Bertz CT molecular complexity index is 1090. The van der Waals surface area contributed by atoms with Gasteiger partial charge in [-0.25, -0.2) is 4.79 Å². The molecule has 0 saturated heterocycles. The number of hydrogen-bond acceptors (Lipinski definition) is 6. The summed E-state index contributed by atoms with van der Waals surface area (Å²) in [7, 11) is 0. The zero-order valence-corrected chi connectivity index (χ0v) is 24.4. The monoisotopic (exact) mass is 543 g/mol. The Hall–Kier alpha value is -3.20. The van der Waals surface area contributed by atoms with E-state index in [2.05, 4.69) is 10.6 Å². The van der Waals surface area contributed by atoms with E-state index in [1.807, 2.05) is 52.1 Å². The molecule has 0 fully saturated rings. The summed E-state index contributed by atoms with van der Waals surface area (Å²) in [5, 5.41) is 15.6. The predicted octanol–water partition coefficient (Wildman–Crippen LogP) is 5.57. The van der Waals surface area contributed by atoms with Gasteiger partial charge in [0.1, 0.15) is 23.4 Å². The summed E-state index contributed by atoms with van der Waals surface area (Å²) in [5.74, 6) is -0.114. The normalized spacial score (nSPS) is 13.0. The number of carbonyl (C=O) groups excluding carboxylic acids is 3. The van der Waals surface area contributed by atoms with Crippen molar-refractivity contribution in [2.75, 3.05) is 17.3 Å². The van der Waals surface area contributed by atoms with E-state index < -0.39 is 35.6 Å². The molecule has 0 spiro atoms. The second-order valence-electron chi connectivity index (χ2n) is 10.6. The first-order chi connectivity index (χ1) is 17.7. The van der Waals surface area contributed by atoms with Gasteiger partial charge in [-0.15, -0.1) is 0 Å². The number of nitrogens with one attached hydrogen (secondary N) is 2. The van der Waals surface area contributed by atoms with Gasteiger partial charge >= 0.3 is 6.09 Å². The summed E-state index contributed by atoms with van der Waals surface area (Å²) in [5.41, 5.74) is 2.29. The molecular formula is C29H41N3O5S. The second kappa shape index (κ2) is 13.6. The van der Waals surface area contributed by atoms with E-state index in [1.165, 1.54) is 17.0 Å². The van der Waals surface area contributed by atoms with Gasteiger partial charge < -0.3 is 25.4 Å². The Kier molecular flexibility index (Phi) is 11.1. The second-order valence-corrected chi connectivity index (χ2v) is 11.6. The zero-order valence-electron chi connectivity index (χ0n) is 23.6. The first-order valence-corrected chi connectivity index (χ1v) is 14.1. The fraction of sp³-hybridized carbons (Fsp3) is 0.483. The minimum Gasteiger partial charge on any atom is -0.508 e. The molecule has 0 bridgehead atoms. The van der Waals surface area contributed by atoms with Crippen molar-refractivity contribution in [1.82, 2.24) is 10.2 Å². The third kappa shape index (κ3) is 8.68. The summed E-state index contributed by atoms with van der Waals surface area (Å²) in [6, 6.07) is 9.67. The van der Waals surface area contributed by atoms with Crippen LogP contribution in [-0.2, 0) is 14.3 Å². The SMILES string of the molecule is CSCCC(NC(=O)OC(C)(C)C)C(=O)N(C(C)C)C(C(=O)Nc1c(C)cccc1C)c1ccc(O)cc1. The maximum Gasteiger partial charge on any atom is 0.408 e. The molecule has 0 aliphatic rings. The average molecular weight is 544 g/mol. The molecule has 2 aromatic carbocycles. The number of para-hydroxylation sites is 1. The standard InChI is InChI=1S/C29H41N3O5S/c1-18(2)32(27(35)23(16-17-38-8)30-28(36)37-29(5,6)7)25(21-12-14-22(33)15-13-21)26(34)31-24-19(3)10-9-11-20(24)4/h9-15,18,23,25,33H,16-17H2,1-8H3,(H,30,36)(H,31,34). The van der Waals surface area contributed by atoms with Gasteiger partial charge in [0.15, 0.2) is 0 Å². The Morgan fingerprint density at radius 1 is 1.03 bits per heavy atom. The topological polar surface area (TPSA) is 108 Å². The van der Waals surface area contributed by atoms with Gasteiger partial charge in [-0.1, -0.05) is 30.3 Å². The number of rotatable bonds is 10. The first kappa shape index (κ1) is 31.0. The minimum atomic E-state index is -1.01. The smallest absolute Gasteiger partial charge is 0.408 e. The van der Waals surface area contributed by atoms with Crippen LogP contribution in [0.3, 0.4) is 0 Å². The van der Waals surface area contributed by atoms with Crippen molar-refractivity contribution in [2.45, 2.75) is 78.6 Å². The molecule has 208 valence electrons. The van der Waals surface area contributed by atoms with Gasteiger partial charge in [0.2, 0.25) is 5.91 Å². The molecule has 2 unspecified atom stereocenters. The van der Waals surface area contributed by atoms with Crippen LogP contribution in [0.15, 0.2) is 42.5 Å². The molecule has 38 heavy (non-hydrogen) atoms. The highest BCUT2D eigenvalue weighted by Crippen LogP contribution is 2.29. The molecule has 0 aliphatic heterocycles. The Morgan fingerprint density at radius 2 is 1.61 bits per heavy atom. The van der Waals surface area contributed by atoms with Crippen LogP contribution in [-0.4, -0.2) is 57.6 Å². The van der Waals surface area contributed by atoms with E-state index >= 15 is 0 Å². The number of hydrogen-bond donors (Lipinski definition) is 3. The molecule has 0 heterocycles. The van der Waals surface area contributed by atoms with Crippen molar-refractivity contribution in [3.05, 3.63) is 59.2 Å². The molecule has 2 rings (SSSR count). The van der Waals surface area contributed by atoms with E-state index in [0.29, 0.717) is 23.4 Å². The van der Waals surface area contributed by atoms with Crippen molar-refractivity contribution in [1.29, 1.82) is 0 Å². The van der Waals surface area contributed by atoms with E-state index in [9.17, 15) is 19.5 Å². The van der Waals surface area contributed by atoms with Crippen LogP contribution >= 0.6 is 11.8 Å². The summed E-state index contributed by atoms with van der Waals surface area (Å²) >= 11 is 1.56. The van der Waals surface area contributed by atoms with E-state index in [-0.39, 0.29) is 11.8 Å². The maximum atomic E-state index is 14.1. The van der Waals surface area contributed by atoms with Gasteiger partial charge in [-0.3, -0.25) is 9.59 Å². The quantitative estimate of drug-likeness (QED) is 0.362. The highest BCUT2D eigenvalue weighted by Gasteiger charge is 2.38. The van der Waals surface area contributed by atoms with Crippen LogP contribution in [0, 0.1) is 13.8 Å². The lowest BCUT2D eigenvalue weighted by molar-refractivity contribution is -0.143. The molecule has 3 amide bonds. The Morgan fingerprint density at radius 3 is 2.11 bits per heavy atom. The summed E-state index contributed by atoms with van der Waals surface area (Å²) < 4.78 is 5.42. The van der Waals surface area contributed by atoms with Crippen LogP contribution in [0.4, 0.5) is 10.5 Å². The van der Waals surface area contributed by atoms with Crippen molar-refractivity contribution in [3.8, 4) is 5.75 Å². The largest absolute Gasteiger partial charge is 0.508 e. The number of anilines is 1. The fourth-order valence-corrected chi connectivity index (χ4v) is 4.57. The van der Waals surface area contributed by atoms with Crippen LogP contribution in [0.5, 0.6) is 5.75 Å². The number of amides is 3. The summed E-state index contributed by atoms with van der Waals surface area (Å²) in [6.07, 6.45) is 1.59. The average Bonchev–Trinajstić information content (AvgIpc) is 2.81. The molecule has 2 atom stereocenters. The number of carbonyl (C=O) groups is 3. The molecule has 0 aliphatic carbocycles. The Balaban J connectivity index is 2.53. The van der Waals surface area contributed by atoms with Crippen molar-refractivity contribution >= 4 is 35.4 Å². The number of ether oxygens (including phenoxy) is 1. The third-order valence-corrected chi connectivity index (χ3v) is 6.52. The third-order valence-electron chi connectivity index (χ3n) is 5.88. The maximum absolute atomic E-state index is 14.1. The fourth-order valence-electron chi connectivity index (χ4n) is 4.10. The zero-order chi connectivity index (χ0) is 28.6. The summed E-state index contributed by atoms with van der Waals surface area (Å²) in [6.45, 7) is 12.7. The number of phenolic OH excluding ortho intramolecular Hbond substituents is 1. The molecule has 0 saturated carbocycles. The van der Waals surface area contributed by atoms with Crippen LogP contribution in [0.1, 0.15) is 63.8 Å². The van der Waals surface area contributed by atoms with Gasteiger partial charge in [0.05, 0.1) is 0 Å². The molecular weight excluding hydrogens is 502 g/mol. The van der Waals surface area contributed by atoms with Gasteiger partial charge in [0.25, 0.3) is 5.91 Å². The van der Waals surface area contributed by atoms with Gasteiger partial charge in [-0.2, -0.15) is 11.8 Å².